The van der Waals surface area contributed by atoms with E-state index < -0.39 is 5.91 Å². The molecule has 1 heterocycles. The summed E-state index contributed by atoms with van der Waals surface area (Å²) in [5.74, 6) is 0.362. The van der Waals surface area contributed by atoms with Crippen molar-refractivity contribution in [1.82, 2.24) is 10.3 Å². The van der Waals surface area contributed by atoms with Crippen LogP contribution in [0.4, 0.5) is 5.69 Å². The fourth-order valence-corrected chi connectivity index (χ4v) is 3.58. The van der Waals surface area contributed by atoms with Crippen molar-refractivity contribution >= 4 is 51.6 Å². The van der Waals surface area contributed by atoms with Gasteiger partial charge >= 0.3 is 0 Å². The standard InChI is InChI=1S/C23H18ClN3O5S/c1-30-18-4-3-5-19(31-2)20(18)21(29)27-23(33)25-13-7-8-16(28)14(11-13)22-26-15-10-12(24)6-9-17(15)32-22/h3-11,28H,1-2H3,(H2,25,27,29,33). The number of aromatic nitrogens is 1. The third kappa shape index (κ3) is 4.69. The molecule has 0 radical (unpaired) electrons. The summed E-state index contributed by atoms with van der Waals surface area (Å²) >= 11 is 11.3. The summed E-state index contributed by atoms with van der Waals surface area (Å²) in [4.78, 5) is 17.2. The molecule has 1 amide bonds. The van der Waals surface area contributed by atoms with E-state index in [4.69, 9.17) is 37.7 Å². The number of amides is 1. The minimum Gasteiger partial charge on any atom is -0.507 e. The quantitative estimate of drug-likeness (QED) is 0.269. The Hall–Kier alpha value is -3.82. The van der Waals surface area contributed by atoms with Gasteiger partial charge in [0.2, 0.25) is 5.89 Å². The third-order valence-electron chi connectivity index (χ3n) is 4.72. The first kappa shape index (κ1) is 22.4. The Labute approximate surface area is 199 Å². The number of nitrogens with zero attached hydrogens (tertiary/aromatic N) is 1. The summed E-state index contributed by atoms with van der Waals surface area (Å²) in [6.45, 7) is 0. The zero-order chi connectivity index (χ0) is 23.5. The number of nitrogens with one attached hydrogen (secondary N) is 2. The Morgan fingerprint density at radius 1 is 1.09 bits per heavy atom. The topological polar surface area (TPSA) is 106 Å². The number of thiocarbonyl (C=S) groups is 1. The highest BCUT2D eigenvalue weighted by Crippen LogP contribution is 2.34. The lowest BCUT2D eigenvalue weighted by atomic mass is 10.1. The molecule has 4 rings (SSSR count). The van der Waals surface area contributed by atoms with Gasteiger partial charge in [-0.3, -0.25) is 10.1 Å². The second kappa shape index (κ2) is 9.35. The van der Waals surface area contributed by atoms with Gasteiger partial charge in [0.25, 0.3) is 5.91 Å². The smallest absolute Gasteiger partial charge is 0.264 e. The maximum Gasteiger partial charge on any atom is 0.264 e. The number of benzene rings is 3. The van der Waals surface area contributed by atoms with E-state index in [0.29, 0.717) is 38.9 Å². The summed E-state index contributed by atoms with van der Waals surface area (Å²) in [6.07, 6.45) is 0. The fourth-order valence-electron chi connectivity index (χ4n) is 3.20. The average Bonchev–Trinajstić information content (AvgIpc) is 3.22. The predicted molar refractivity (Wildman–Crippen MR) is 129 cm³/mol. The number of aromatic hydroxyl groups is 1. The molecule has 0 aliphatic carbocycles. The summed E-state index contributed by atoms with van der Waals surface area (Å²) in [7, 11) is 2.92. The van der Waals surface area contributed by atoms with E-state index in [1.807, 2.05) is 0 Å². The first-order chi connectivity index (χ1) is 15.9. The van der Waals surface area contributed by atoms with Crippen molar-refractivity contribution in [3.05, 3.63) is 65.2 Å². The van der Waals surface area contributed by atoms with Crippen LogP contribution in [0.25, 0.3) is 22.6 Å². The average molecular weight is 484 g/mol. The maximum atomic E-state index is 12.8. The molecule has 3 aromatic carbocycles. The molecule has 0 saturated carbocycles. The second-order valence-corrected chi connectivity index (χ2v) is 7.65. The molecule has 0 unspecified atom stereocenters. The van der Waals surface area contributed by atoms with Crippen LogP contribution in [-0.2, 0) is 0 Å². The van der Waals surface area contributed by atoms with Gasteiger partial charge in [0.1, 0.15) is 28.3 Å². The van der Waals surface area contributed by atoms with Crippen molar-refractivity contribution < 1.29 is 23.8 Å². The SMILES string of the molecule is COc1cccc(OC)c1C(=O)NC(=S)Nc1ccc(O)c(-c2nc3cc(Cl)ccc3o2)c1. The normalized spacial score (nSPS) is 10.6. The summed E-state index contributed by atoms with van der Waals surface area (Å²) in [6, 6.07) is 14.7. The molecule has 0 saturated heterocycles. The van der Waals surface area contributed by atoms with E-state index >= 15 is 0 Å². The highest BCUT2D eigenvalue weighted by Gasteiger charge is 2.20. The number of hydrogen-bond acceptors (Lipinski definition) is 7. The van der Waals surface area contributed by atoms with E-state index in [0.717, 1.165) is 0 Å². The van der Waals surface area contributed by atoms with Crippen LogP contribution in [0.5, 0.6) is 17.2 Å². The number of phenols is 1. The minimum absolute atomic E-state index is 0.0353. The largest absolute Gasteiger partial charge is 0.507 e. The van der Waals surface area contributed by atoms with Gasteiger partial charge in [0.05, 0.1) is 19.8 Å². The van der Waals surface area contributed by atoms with Crippen molar-refractivity contribution in [2.24, 2.45) is 0 Å². The molecular weight excluding hydrogens is 466 g/mol. The summed E-state index contributed by atoms with van der Waals surface area (Å²) in [5.41, 5.74) is 2.14. The lowest BCUT2D eigenvalue weighted by Crippen LogP contribution is -2.34. The van der Waals surface area contributed by atoms with Gasteiger partial charge in [0, 0.05) is 10.7 Å². The van der Waals surface area contributed by atoms with E-state index in [2.05, 4.69) is 15.6 Å². The van der Waals surface area contributed by atoms with Crippen LogP contribution in [0.1, 0.15) is 10.4 Å². The predicted octanol–water partition coefficient (Wildman–Crippen LogP) is 5.00. The molecule has 0 fully saturated rings. The molecule has 0 aliphatic rings. The van der Waals surface area contributed by atoms with Crippen molar-refractivity contribution in [1.29, 1.82) is 0 Å². The number of carbonyl (C=O) groups is 1. The number of carbonyl (C=O) groups excluding carboxylic acids is 1. The molecule has 0 aliphatic heterocycles. The molecule has 0 bridgehead atoms. The minimum atomic E-state index is -0.503. The zero-order valence-electron chi connectivity index (χ0n) is 17.5. The summed E-state index contributed by atoms with van der Waals surface area (Å²) in [5, 5.41) is 16.4. The molecule has 10 heteroatoms. The highest BCUT2D eigenvalue weighted by atomic mass is 35.5. The zero-order valence-corrected chi connectivity index (χ0v) is 19.1. The molecule has 1 aromatic heterocycles. The van der Waals surface area contributed by atoms with Gasteiger partial charge in [-0.1, -0.05) is 17.7 Å². The number of anilines is 1. The number of halogens is 1. The Morgan fingerprint density at radius 2 is 1.82 bits per heavy atom. The van der Waals surface area contributed by atoms with E-state index in [-0.39, 0.29) is 22.3 Å². The third-order valence-corrected chi connectivity index (χ3v) is 5.16. The van der Waals surface area contributed by atoms with Crippen molar-refractivity contribution in [2.45, 2.75) is 0 Å². The van der Waals surface area contributed by atoms with Crippen LogP contribution in [-0.4, -0.2) is 35.3 Å². The molecule has 4 aromatic rings. The van der Waals surface area contributed by atoms with Crippen LogP contribution in [0, 0.1) is 0 Å². The second-order valence-electron chi connectivity index (χ2n) is 6.81. The van der Waals surface area contributed by atoms with Gasteiger partial charge in [-0.2, -0.15) is 0 Å². The number of phenolic OH excluding ortho intramolecular Hbond substituents is 1. The van der Waals surface area contributed by atoms with E-state index in [1.165, 1.54) is 20.3 Å². The summed E-state index contributed by atoms with van der Waals surface area (Å²) < 4.78 is 16.3. The number of rotatable bonds is 5. The van der Waals surface area contributed by atoms with Gasteiger partial charge in [-0.05, 0) is 60.7 Å². The lowest BCUT2D eigenvalue weighted by Gasteiger charge is -2.14. The number of hydrogen-bond donors (Lipinski definition) is 3. The van der Waals surface area contributed by atoms with Crippen LogP contribution < -0.4 is 20.1 Å². The van der Waals surface area contributed by atoms with Crippen molar-refractivity contribution in [3.8, 4) is 28.7 Å². The molecule has 0 spiro atoms. The molecule has 0 atom stereocenters. The van der Waals surface area contributed by atoms with Gasteiger partial charge in [0.15, 0.2) is 10.7 Å². The fraction of sp³-hybridized carbons (Fsp3) is 0.0870. The molecule has 168 valence electrons. The van der Waals surface area contributed by atoms with Crippen LogP contribution in [0.15, 0.2) is 59.0 Å². The Balaban J connectivity index is 1.55. The van der Waals surface area contributed by atoms with E-state index in [1.54, 1.807) is 48.5 Å². The van der Waals surface area contributed by atoms with Crippen LogP contribution in [0.3, 0.4) is 0 Å². The maximum absolute atomic E-state index is 12.8. The number of methoxy groups -OCH3 is 2. The van der Waals surface area contributed by atoms with Gasteiger partial charge in [-0.25, -0.2) is 4.98 Å². The number of ether oxygens (including phenoxy) is 2. The Morgan fingerprint density at radius 3 is 2.52 bits per heavy atom. The highest BCUT2D eigenvalue weighted by molar-refractivity contribution is 7.80. The monoisotopic (exact) mass is 483 g/mol. The molecule has 33 heavy (non-hydrogen) atoms. The van der Waals surface area contributed by atoms with Crippen molar-refractivity contribution in [2.75, 3.05) is 19.5 Å². The van der Waals surface area contributed by atoms with E-state index in [9.17, 15) is 9.90 Å². The first-order valence-corrected chi connectivity index (χ1v) is 10.4. The lowest BCUT2D eigenvalue weighted by molar-refractivity contribution is 0.0971. The number of oxazole rings is 1. The first-order valence-electron chi connectivity index (χ1n) is 9.62. The van der Waals surface area contributed by atoms with Crippen LogP contribution >= 0.6 is 23.8 Å². The molecule has 3 N–H and O–H groups in total. The van der Waals surface area contributed by atoms with Crippen LogP contribution in [0.2, 0.25) is 5.02 Å². The molecular formula is C23H18ClN3O5S. The van der Waals surface area contributed by atoms with Gasteiger partial charge < -0.3 is 24.3 Å². The van der Waals surface area contributed by atoms with Gasteiger partial charge in [-0.15, -0.1) is 0 Å². The Bertz CT molecular complexity index is 1350. The van der Waals surface area contributed by atoms with Crippen molar-refractivity contribution in [3.63, 3.8) is 0 Å². The molecule has 8 nitrogen and oxygen atoms in total. The Kier molecular flexibility index (Phi) is 6.34. The number of fused-ring (bicyclic) bond motifs is 1.